The van der Waals surface area contributed by atoms with Gasteiger partial charge in [-0.3, -0.25) is 9.36 Å². The van der Waals surface area contributed by atoms with Crippen molar-refractivity contribution in [3.05, 3.63) is 45.5 Å². The average Bonchev–Trinajstić information content (AvgIpc) is 2.86. The lowest BCUT2D eigenvalue weighted by Crippen LogP contribution is -2.21. The van der Waals surface area contributed by atoms with Crippen molar-refractivity contribution in [2.75, 3.05) is 7.11 Å². The van der Waals surface area contributed by atoms with Crippen LogP contribution in [0.15, 0.2) is 29.3 Å². The number of methoxy groups -OCH3 is 1. The van der Waals surface area contributed by atoms with E-state index in [1.807, 2.05) is 13.0 Å². The number of fused-ring (bicyclic) bond motifs is 1. The molecule has 7 heteroatoms. The largest absolute Gasteiger partial charge is 0.496 e. The summed E-state index contributed by atoms with van der Waals surface area (Å²) in [5.74, 6) is 0.536. The third-order valence-electron chi connectivity index (χ3n) is 3.09. The molecule has 0 aliphatic rings. The minimum Gasteiger partial charge on any atom is -0.496 e. The Bertz CT molecular complexity index is 825. The Morgan fingerprint density at radius 3 is 2.95 bits per heavy atom. The fourth-order valence-corrected chi connectivity index (χ4v) is 2.64. The van der Waals surface area contributed by atoms with Gasteiger partial charge in [0.05, 0.1) is 36.1 Å². The summed E-state index contributed by atoms with van der Waals surface area (Å²) >= 11 is 1.29. The quantitative estimate of drug-likeness (QED) is 0.732. The van der Waals surface area contributed by atoms with Crippen molar-refractivity contribution in [2.24, 2.45) is 0 Å². The monoisotopic (exact) mass is 288 g/mol. The van der Waals surface area contributed by atoms with E-state index in [2.05, 4.69) is 14.6 Å². The van der Waals surface area contributed by atoms with Gasteiger partial charge in [-0.2, -0.15) is 0 Å². The molecule has 0 aliphatic heterocycles. The van der Waals surface area contributed by atoms with Gasteiger partial charge in [0.1, 0.15) is 11.1 Å². The summed E-state index contributed by atoms with van der Waals surface area (Å²) in [7, 11) is 1.54. The maximum Gasteiger partial charge on any atom is 0.265 e. The van der Waals surface area contributed by atoms with Gasteiger partial charge in [0.2, 0.25) is 0 Å². The molecule has 2 aromatic heterocycles. The van der Waals surface area contributed by atoms with E-state index in [0.29, 0.717) is 23.2 Å². The van der Waals surface area contributed by atoms with Crippen molar-refractivity contribution in [2.45, 2.75) is 13.5 Å². The third kappa shape index (κ3) is 2.05. The molecule has 2 heterocycles. The number of benzene rings is 1. The number of ether oxygens (including phenoxy) is 1. The first-order valence-electron chi connectivity index (χ1n) is 6.00. The zero-order valence-corrected chi connectivity index (χ0v) is 11.8. The van der Waals surface area contributed by atoms with Gasteiger partial charge < -0.3 is 4.74 Å². The molecule has 0 fully saturated rings. The maximum absolute atomic E-state index is 12.6. The van der Waals surface area contributed by atoms with Crippen molar-refractivity contribution in [3.8, 4) is 5.75 Å². The Morgan fingerprint density at radius 1 is 1.40 bits per heavy atom. The number of nitrogens with zero attached hydrogens (tertiary/aromatic N) is 4. The highest BCUT2D eigenvalue weighted by molar-refractivity contribution is 7.05. The van der Waals surface area contributed by atoms with Gasteiger partial charge in [0.25, 0.3) is 5.56 Å². The summed E-state index contributed by atoms with van der Waals surface area (Å²) in [4.78, 5) is 17.8. The highest BCUT2D eigenvalue weighted by atomic mass is 32.1. The molecule has 0 aliphatic carbocycles. The molecule has 0 amide bonds. The fourth-order valence-electron chi connectivity index (χ4n) is 2.00. The number of rotatable bonds is 3. The van der Waals surface area contributed by atoms with Gasteiger partial charge in [-0.15, -0.1) is 5.10 Å². The number of aromatic nitrogens is 4. The van der Waals surface area contributed by atoms with Crippen LogP contribution in [0.1, 0.15) is 10.6 Å². The fraction of sp³-hybridized carbons (Fsp3) is 0.231. The highest BCUT2D eigenvalue weighted by Crippen LogP contribution is 2.20. The Labute approximate surface area is 118 Å². The molecule has 3 rings (SSSR count). The minimum atomic E-state index is -0.125. The second kappa shape index (κ2) is 5.01. The second-order valence-corrected chi connectivity index (χ2v) is 5.15. The predicted molar refractivity (Wildman–Crippen MR) is 76.3 cm³/mol. The predicted octanol–water partition coefficient (Wildman–Crippen LogP) is 1.61. The zero-order chi connectivity index (χ0) is 14.1. The average molecular weight is 288 g/mol. The second-order valence-electron chi connectivity index (χ2n) is 4.31. The molecule has 0 bridgehead atoms. The van der Waals surface area contributed by atoms with E-state index in [-0.39, 0.29) is 5.56 Å². The maximum atomic E-state index is 12.6. The van der Waals surface area contributed by atoms with Crippen LogP contribution < -0.4 is 10.3 Å². The Morgan fingerprint density at radius 2 is 2.25 bits per heavy atom. The number of hydrogen-bond acceptors (Lipinski definition) is 6. The van der Waals surface area contributed by atoms with E-state index < -0.39 is 0 Å². The van der Waals surface area contributed by atoms with Crippen molar-refractivity contribution >= 4 is 22.4 Å². The molecule has 0 radical (unpaired) electrons. The zero-order valence-electron chi connectivity index (χ0n) is 11.0. The van der Waals surface area contributed by atoms with Gasteiger partial charge in [-0.25, -0.2) is 4.98 Å². The molecular weight excluding hydrogens is 276 g/mol. The number of hydrogen-bond donors (Lipinski definition) is 0. The summed E-state index contributed by atoms with van der Waals surface area (Å²) in [5, 5.41) is 4.44. The van der Waals surface area contributed by atoms with Crippen molar-refractivity contribution in [3.63, 3.8) is 0 Å². The molecule has 0 saturated heterocycles. The summed E-state index contributed by atoms with van der Waals surface area (Å²) in [6.07, 6.45) is 1.54. The van der Waals surface area contributed by atoms with Gasteiger partial charge >= 0.3 is 0 Å². The van der Waals surface area contributed by atoms with E-state index >= 15 is 0 Å². The van der Waals surface area contributed by atoms with Crippen LogP contribution in [-0.4, -0.2) is 26.2 Å². The normalized spacial score (nSPS) is 10.9. The van der Waals surface area contributed by atoms with E-state index in [1.54, 1.807) is 30.1 Å². The summed E-state index contributed by atoms with van der Waals surface area (Å²) in [6.45, 7) is 2.29. The topological polar surface area (TPSA) is 69.9 Å². The van der Waals surface area contributed by atoms with E-state index in [0.717, 1.165) is 10.6 Å². The Hall–Kier alpha value is -2.28. The lowest BCUT2D eigenvalue weighted by atomic mass is 10.2. The van der Waals surface area contributed by atoms with E-state index in [9.17, 15) is 4.79 Å². The van der Waals surface area contributed by atoms with Crippen LogP contribution in [0.3, 0.4) is 0 Å². The summed E-state index contributed by atoms with van der Waals surface area (Å²) < 4.78 is 10.7. The summed E-state index contributed by atoms with van der Waals surface area (Å²) in [5.41, 5.74) is 1.34. The first-order valence-corrected chi connectivity index (χ1v) is 6.78. The standard InChI is InChI=1S/C13H12N4O2S/c1-8-11(20-16-15-8)6-17-7-14-9-4-3-5-10(19-2)12(9)13(17)18/h3-5,7H,6H2,1-2H3. The lowest BCUT2D eigenvalue weighted by molar-refractivity contribution is 0.419. The van der Waals surface area contributed by atoms with Crippen LogP contribution in [-0.2, 0) is 6.54 Å². The SMILES string of the molecule is COc1cccc2ncn(Cc3snnc3C)c(=O)c12. The van der Waals surface area contributed by atoms with Crippen molar-refractivity contribution in [1.29, 1.82) is 0 Å². The van der Waals surface area contributed by atoms with Crippen LogP contribution >= 0.6 is 11.5 Å². The van der Waals surface area contributed by atoms with Crippen LogP contribution in [0.4, 0.5) is 0 Å². The van der Waals surface area contributed by atoms with Gasteiger partial charge in [0.15, 0.2) is 0 Å². The van der Waals surface area contributed by atoms with Gasteiger partial charge in [-0.05, 0) is 30.6 Å². The molecule has 0 N–H and O–H groups in total. The number of aryl methyl sites for hydroxylation is 1. The highest BCUT2D eigenvalue weighted by Gasteiger charge is 2.11. The molecule has 6 nitrogen and oxygen atoms in total. The lowest BCUT2D eigenvalue weighted by Gasteiger charge is -2.08. The van der Waals surface area contributed by atoms with Crippen molar-refractivity contribution < 1.29 is 4.74 Å². The van der Waals surface area contributed by atoms with Crippen LogP contribution in [0.25, 0.3) is 10.9 Å². The van der Waals surface area contributed by atoms with Crippen LogP contribution in [0.2, 0.25) is 0 Å². The van der Waals surface area contributed by atoms with E-state index in [1.165, 1.54) is 11.5 Å². The molecule has 0 atom stereocenters. The molecule has 3 aromatic rings. The van der Waals surface area contributed by atoms with Crippen LogP contribution in [0, 0.1) is 6.92 Å². The van der Waals surface area contributed by atoms with E-state index in [4.69, 9.17) is 4.74 Å². The molecule has 0 unspecified atom stereocenters. The molecular formula is C13H12N4O2S. The molecule has 102 valence electrons. The van der Waals surface area contributed by atoms with Gasteiger partial charge in [0, 0.05) is 0 Å². The first kappa shape index (κ1) is 12.7. The smallest absolute Gasteiger partial charge is 0.265 e. The van der Waals surface area contributed by atoms with Crippen molar-refractivity contribution in [1.82, 2.24) is 19.1 Å². The Kier molecular flexibility index (Phi) is 3.19. The molecule has 0 saturated carbocycles. The molecule has 20 heavy (non-hydrogen) atoms. The summed E-state index contributed by atoms with van der Waals surface area (Å²) in [6, 6.07) is 5.37. The van der Waals surface area contributed by atoms with Gasteiger partial charge in [-0.1, -0.05) is 10.6 Å². The first-order chi connectivity index (χ1) is 9.70. The molecule has 1 aromatic carbocycles. The molecule has 0 spiro atoms. The Balaban J connectivity index is 2.16. The third-order valence-corrected chi connectivity index (χ3v) is 3.90. The minimum absolute atomic E-state index is 0.125. The van der Waals surface area contributed by atoms with Crippen LogP contribution in [0.5, 0.6) is 5.75 Å².